The van der Waals surface area contributed by atoms with Crippen molar-refractivity contribution in [2.45, 2.75) is 37.3 Å². The summed E-state index contributed by atoms with van der Waals surface area (Å²) in [5.41, 5.74) is -1.94. The van der Waals surface area contributed by atoms with E-state index in [2.05, 4.69) is 20.3 Å². The van der Waals surface area contributed by atoms with Crippen molar-refractivity contribution in [3.63, 3.8) is 0 Å². The van der Waals surface area contributed by atoms with Gasteiger partial charge in [0.25, 0.3) is 11.8 Å². The number of fused-ring (bicyclic) bond motifs is 1. The molecule has 3 heterocycles. The van der Waals surface area contributed by atoms with Crippen molar-refractivity contribution in [2.24, 2.45) is 0 Å². The van der Waals surface area contributed by atoms with Gasteiger partial charge in [0.15, 0.2) is 12.3 Å². The van der Waals surface area contributed by atoms with E-state index in [1.807, 2.05) is 0 Å². The first-order valence-corrected chi connectivity index (χ1v) is 11.8. The number of methoxy groups -OCH3 is 1. The molecule has 1 atom stereocenters. The molecule has 1 aromatic carbocycles. The average Bonchev–Trinajstić information content (AvgIpc) is 2.92. The second-order valence-corrected chi connectivity index (χ2v) is 9.12. The zero-order valence-electron chi connectivity index (χ0n) is 20.7. The second-order valence-electron chi connectivity index (χ2n) is 9.12. The maximum absolute atomic E-state index is 15.0. The predicted octanol–water partition coefficient (Wildman–Crippen LogP) is 3.21. The number of piperidine rings is 1. The second kappa shape index (κ2) is 10.7. The molecule has 3 aromatic rings. The minimum Gasteiger partial charge on any atom is -0.481 e. The molecule has 2 aromatic heterocycles. The summed E-state index contributed by atoms with van der Waals surface area (Å²) in [6.45, 7) is -0.851. The fourth-order valence-corrected chi connectivity index (χ4v) is 4.59. The van der Waals surface area contributed by atoms with Gasteiger partial charge >= 0.3 is 0 Å². The molecule has 0 aliphatic carbocycles. The van der Waals surface area contributed by atoms with Crippen LogP contribution in [0.1, 0.15) is 42.5 Å². The number of anilines is 1. The number of carbonyl (C=O) groups excluding carboxylic acids is 1. The third-order valence-electron chi connectivity index (χ3n) is 6.78. The van der Waals surface area contributed by atoms with Crippen LogP contribution in [0.3, 0.4) is 0 Å². The highest BCUT2D eigenvalue weighted by molar-refractivity contribution is 5.87. The van der Waals surface area contributed by atoms with Crippen LogP contribution in [0.5, 0.6) is 5.88 Å². The molecule has 1 aliphatic rings. The van der Waals surface area contributed by atoms with Crippen LogP contribution >= 0.6 is 0 Å². The van der Waals surface area contributed by atoms with Crippen LogP contribution in [0.15, 0.2) is 30.6 Å². The molecule has 9 nitrogen and oxygen atoms in total. The lowest BCUT2D eigenvalue weighted by molar-refractivity contribution is -0.136. The van der Waals surface area contributed by atoms with Crippen LogP contribution < -0.4 is 10.1 Å². The standard InChI is InChI=1S/C25H27F4N5O4/c1-14(15-4-3-5-17(20(15)27)25(28,29)12-35)32-21-16-10-18(23(38-2)33-22(16)31-13-30-21)24(37)6-8-34(9-7-24)19(36)11-26/h3-5,10,13-14,35,37H,6-9,11-12H2,1-2H3,(H,30,31,32,33)/t14-/m1/s1. The van der Waals surface area contributed by atoms with E-state index in [1.54, 1.807) is 13.0 Å². The summed E-state index contributed by atoms with van der Waals surface area (Å²) in [6.07, 6.45) is 1.42. The highest BCUT2D eigenvalue weighted by Crippen LogP contribution is 2.40. The molecule has 1 amide bonds. The fraction of sp³-hybridized carbons (Fsp3) is 0.440. The predicted molar refractivity (Wildman–Crippen MR) is 129 cm³/mol. The number of hydrogen-bond acceptors (Lipinski definition) is 8. The van der Waals surface area contributed by atoms with Crippen molar-refractivity contribution < 1.29 is 37.3 Å². The third kappa shape index (κ3) is 5.07. The van der Waals surface area contributed by atoms with Crippen molar-refractivity contribution in [3.05, 3.63) is 53.1 Å². The summed E-state index contributed by atoms with van der Waals surface area (Å²) in [4.78, 5) is 25.8. The lowest BCUT2D eigenvalue weighted by Crippen LogP contribution is -2.45. The van der Waals surface area contributed by atoms with E-state index in [9.17, 15) is 23.1 Å². The van der Waals surface area contributed by atoms with Gasteiger partial charge in [0.05, 0.1) is 29.7 Å². The lowest BCUT2D eigenvalue weighted by atomic mass is 9.84. The van der Waals surface area contributed by atoms with Crippen molar-refractivity contribution in [2.75, 3.05) is 38.8 Å². The summed E-state index contributed by atoms with van der Waals surface area (Å²) in [6, 6.07) is 4.27. The van der Waals surface area contributed by atoms with E-state index in [4.69, 9.17) is 9.84 Å². The molecule has 1 aliphatic heterocycles. The maximum Gasteiger partial charge on any atom is 0.298 e. The normalized spacial score (nSPS) is 16.4. The Balaban J connectivity index is 1.70. The van der Waals surface area contributed by atoms with E-state index in [0.29, 0.717) is 10.9 Å². The van der Waals surface area contributed by atoms with Gasteiger partial charge in [0.1, 0.15) is 24.6 Å². The zero-order valence-corrected chi connectivity index (χ0v) is 20.7. The van der Waals surface area contributed by atoms with Gasteiger partial charge in [-0.3, -0.25) is 4.79 Å². The Morgan fingerprint density at radius 2 is 2.00 bits per heavy atom. The summed E-state index contributed by atoms with van der Waals surface area (Å²) < 4.78 is 61.3. The molecule has 3 N–H and O–H groups in total. The number of pyridine rings is 1. The van der Waals surface area contributed by atoms with Crippen LogP contribution in [-0.2, 0) is 16.3 Å². The van der Waals surface area contributed by atoms with E-state index in [1.165, 1.54) is 30.5 Å². The Morgan fingerprint density at radius 1 is 1.29 bits per heavy atom. The Bertz CT molecular complexity index is 1330. The van der Waals surface area contributed by atoms with Crippen LogP contribution in [0.2, 0.25) is 0 Å². The van der Waals surface area contributed by atoms with Crippen LogP contribution in [0.4, 0.5) is 23.4 Å². The number of aromatic nitrogens is 3. The zero-order chi connectivity index (χ0) is 27.7. The topological polar surface area (TPSA) is 121 Å². The highest BCUT2D eigenvalue weighted by Gasteiger charge is 2.39. The summed E-state index contributed by atoms with van der Waals surface area (Å²) in [7, 11) is 1.38. The summed E-state index contributed by atoms with van der Waals surface area (Å²) >= 11 is 0. The number of benzene rings is 1. The number of alkyl halides is 3. The van der Waals surface area contributed by atoms with Crippen molar-refractivity contribution in [3.8, 4) is 5.88 Å². The van der Waals surface area contributed by atoms with Gasteiger partial charge in [-0.25, -0.2) is 18.7 Å². The molecule has 1 fully saturated rings. The molecule has 4 rings (SSSR count). The molecule has 13 heteroatoms. The van der Waals surface area contributed by atoms with E-state index in [0.717, 1.165) is 6.07 Å². The fourth-order valence-electron chi connectivity index (χ4n) is 4.59. The van der Waals surface area contributed by atoms with Gasteiger partial charge in [-0.05, 0) is 31.9 Å². The van der Waals surface area contributed by atoms with Gasteiger partial charge in [-0.2, -0.15) is 13.8 Å². The third-order valence-corrected chi connectivity index (χ3v) is 6.78. The van der Waals surface area contributed by atoms with E-state index >= 15 is 4.39 Å². The Kier molecular flexibility index (Phi) is 7.70. The lowest BCUT2D eigenvalue weighted by Gasteiger charge is -2.38. The number of hydrogen-bond donors (Lipinski definition) is 3. The number of carbonyl (C=O) groups is 1. The van der Waals surface area contributed by atoms with Gasteiger partial charge < -0.3 is 25.2 Å². The van der Waals surface area contributed by atoms with Crippen molar-refractivity contribution in [1.29, 1.82) is 0 Å². The summed E-state index contributed by atoms with van der Waals surface area (Å²) in [5.74, 6) is -5.26. The van der Waals surface area contributed by atoms with Crippen LogP contribution in [0.25, 0.3) is 11.0 Å². The Morgan fingerprint density at radius 3 is 2.63 bits per heavy atom. The van der Waals surface area contributed by atoms with E-state index < -0.39 is 48.1 Å². The smallest absolute Gasteiger partial charge is 0.298 e. The summed E-state index contributed by atoms with van der Waals surface area (Å²) in [5, 5.41) is 23.8. The number of ether oxygens (including phenoxy) is 1. The van der Waals surface area contributed by atoms with E-state index in [-0.39, 0.29) is 48.8 Å². The van der Waals surface area contributed by atoms with Crippen LogP contribution in [0, 0.1) is 5.82 Å². The number of amides is 1. The largest absolute Gasteiger partial charge is 0.481 e. The highest BCUT2D eigenvalue weighted by atomic mass is 19.3. The number of rotatable bonds is 8. The number of likely N-dealkylation sites (tertiary alicyclic amines) is 1. The number of aliphatic hydroxyl groups excluding tert-OH is 1. The molecule has 1 saturated heterocycles. The first-order valence-electron chi connectivity index (χ1n) is 11.8. The van der Waals surface area contributed by atoms with Gasteiger partial charge in [0.2, 0.25) is 5.88 Å². The maximum atomic E-state index is 15.0. The quantitative estimate of drug-likeness (QED) is 0.375. The first kappa shape index (κ1) is 27.5. The minimum absolute atomic E-state index is 0.0763. The molecule has 204 valence electrons. The molecule has 0 saturated carbocycles. The number of nitrogens with one attached hydrogen (secondary N) is 1. The first-order chi connectivity index (χ1) is 18.0. The molecular formula is C25H27F4N5O4. The van der Waals surface area contributed by atoms with Crippen molar-refractivity contribution in [1.82, 2.24) is 19.9 Å². The number of aliphatic hydroxyl groups is 2. The van der Waals surface area contributed by atoms with Crippen LogP contribution in [-0.4, -0.2) is 69.5 Å². The molecular weight excluding hydrogens is 510 g/mol. The van der Waals surface area contributed by atoms with Crippen molar-refractivity contribution >= 4 is 22.8 Å². The SMILES string of the molecule is COc1nc2ncnc(N[C@H](C)c3cccc(C(F)(F)CO)c3F)c2cc1C1(O)CCN(C(=O)CF)CC1. The molecule has 0 unspecified atom stereocenters. The molecule has 0 bridgehead atoms. The average molecular weight is 538 g/mol. The number of halogens is 4. The molecule has 0 spiro atoms. The number of nitrogens with zero attached hydrogens (tertiary/aromatic N) is 4. The minimum atomic E-state index is -3.75. The van der Waals surface area contributed by atoms with Gasteiger partial charge in [-0.1, -0.05) is 12.1 Å². The molecule has 38 heavy (non-hydrogen) atoms. The Hall–Kier alpha value is -3.58. The van der Waals surface area contributed by atoms with Gasteiger partial charge in [-0.15, -0.1) is 0 Å². The Labute approximate surface area is 215 Å². The molecule has 0 radical (unpaired) electrons. The monoisotopic (exact) mass is 537 g/mol. The van der Waals surface area contributed by atoms with Gasteiger partial charge in [0, 0.05) is 24.2 Å².